The standard InChI is InChI=1S/C13H24N4O/c1-5-11(6-2)17(7-8-18)13-9(3)12(14)15-10(4)16-13/h11,18H,5-8H2,1-4H3,(H2,14,15,16). The molecule has 5 heteroatoms. The van der Waals surface area contributed by atoms with Gasteiger partial charge in [-0.05, 0) is 26.7 Å². The average Bonchev–Trinajstić information content (AvgIpc) is 2.34. The summed E-state index contributed by atoms with van der Waals surface area (Å²) in [5, 5.41) is 9.25. The topological polar surface area (TPSA) is 75.3 Å². The molecule has 1 heterocycles. The Labute approximate surface area is 109 Å². The molecule has 0 unspecified atom stereocenters. The van der Waals surface area contributed by atoms with Gasteiger partial charge in [0.05, 0.1) is 6.61 Å². The molecule has 0 saturated carbocycles. The van der Waals surface area contributed by atoms with Gasteiger partial charge in [0.25, 0.3) is 0 Å². The minimum absolute atomic E-state index is 0.110. The molecule has 3 N–H and O–H groups in total. The third kappa shape index (κ3) is 3.10. The maximum Gasteiger partial charge on any atom is 0.137 e. The number of rotatable bonds is 6. The van der Waals surface area contributed by atoms with E-state index in [2.05, 4.69) is 28.7 Å². The first-order valence-corrected chi connectivity index (χ1v) is 6.53. The van der Waals surface area contributed by atoms with Crippen molar-refractivity contribution in [1.29, 1.82) is 0 Å². The summed E-state index contributed by atoms with van der Waals surface area (Å²) in [7, 11) is 0. The molecule has 0 aliphatic heterocycles. The van der Waals surface area contributed by atoms with Crippen LogP contribution >= 0.6 is 0 Å². The molecule has 0 aromatic carbocycles. The molecule has 0 aliphatic carbocycles. The number of aliphatic hydroxyl groups is 1. The number of hydrogen-bond donors (Lipinski definition) is 2. The highest BCUT2D eigenvalue weighted by atomic mass is 16.3. The van der Waals surface area contributed by atoms with Crippen molar-refractivity contribution in [2.24, 2.45) is 0 Å². The van der Waals surface area contributed by atoms with E-state index in [4.69, 9.17) is 5.73 Å². The highest BCUT2D eigenvalue weighted by Crippen LogP contribution is 2.25. The van der Waals surface area contributed by atoms with Crippen LogP contribution in [0.2, 0.25) is 0 Å². The summed E-state index contributed by atoms with van der Waals surface area (Å²) >= 11 is 0. The second kappa shape index (κ2) is 6.54. The Morgan fingerprint density at radius 3 is 2.33 bits per heavy atom. The zero-order chi connectivity index (χ0) is 13.7. The molecule has 18 heavy (non-hydrogen) atoms. The molecule has 0 radical (unpaired) electrons. The summed E-state index contributed by atoms with van der Waals surface area (Å²) in [6, 6.07) is 0.365. The summed E-state index contributed by atoms with van der Waals surface area (Å²) in [6.07, 6.45) is 2.03. The fraction of sp³-hybridized carbons (Fsp3) is 0.692. The highest BCUT2D eigenvalue weighted by molar-refractivity contribution is 5.57. The molecule has 0 bridgehead atoms. The molecule has 0 saturated heterocycles. The Morgan fingerprint density at radius 1 is 1.22 bits per heavy atom. The number of hydrogen-bond acceptors (Lipinski definition) is 5. The Kier molecular flexibility index (Phi) is 5.34. The van der Waals surface area contributed by atoms with Crippen molar-refractivity contribution in [3.05, 3.63) is 11.4 Å². The van der Waals surface area contributed by atoms with Crippen LogP contribution in [0.4, 0.5) is 11.6 Å². The van der Waals surface area contributed by atoms with Crippen molar-refractivity contribution in [1.82, 2.24) is 9.97 Å². The molecule has 0 aliphatic rings. The first kappa shape index (κ1) is 14.7. The van der Waals surface area contributed by atoms with Crippen molar-refractivity contribution in [2.75, 3.05) is 23.8 Å². The van der Waals surface area contributed by atoms with Crippen molar-refractivity contribution < 1.29 is 5.11 Å². The normalized spacial score (nSPS) is 11.0. The second-order valence-corrected chi connectivity index (χ2v) is 4.49. The van der Waals surface area contributed by atoms with E-state index in [0.717, 1.165) is 24.2 Å². The van der Waals surface area contributed by atoms with Crippen LogP contribution in [-0.2, 0) is 0 Å². The van der Waals surface area contributed by atoms with Gasteiger partial charge in [-0.2, -0.15) is 0 Å². The van der Waals surface area contributed by atoms with Crippen molar-refractivity contribution in [3.63, 3.8) is 0 Å². The monoisotopic (exact) mass is 252 g/mol. The second-order valence-electron chi connectivity index (χ2n) is 4.49. The number of nitrogen functional groups attached to an aromatic ring is 1. The zero-order valence-electron chi connectivity index (χ0n) is 11.8. The summed E-state index contributed by atoms with van der Waals surface area (Å²) in [5.74, 6) is 2.04. The van der Waals surface area contributed by atoms with E-state index in [9.17, 15) is 5.11 Å². The minimum Gasteiger partial charge on any atom is -0.395 e. The molecule has 1 aromatic heterocycles. The van der Waals surface area contributed by atoms with Gasteiger partial charge in [-0.25, -0.2) is 9.97 Å². The van der Waals surface area contributed by atoms with Gasteiger partial charge in [0.2, 0.25) is 0 Å². The molecule has 0 amide bonds. The lowest BCUT2D eigenvalue weighted by atomic mass is 10.1. The van der Waals surface area contributed by atoms with Gasteiger partial charge in [0.1, 0.15) is 17.5 Å². The van der Waals surface area contributed by atoms with Crippen LogP contribution in [0.15, 0.2) is 0 Å². The van der Waals surface area contributed by atoms with Crippen LogP contribution in [-0.4, -0.2) is 34.3 Å². The van der Waals surface area contributed by atoms with Gasteiger partial charge in [-0.1, -0.05) is 13.8 Å². The van der Waals surface area contributed by atoms with Crippen molar-refractivity contribution >= 4 is 11.6 Å². The smallest absolute Gasteiger partial charge is 0.137 e. The third-order valence-corrected chi connectivity index (χ3v) is 3.27. The number of nitrogens with zero attached hydrogens (tertiary/aromatic N) is 3. The van der Waals surface area contributed by atoms with Crippen LogP contribution in [0.5, 0.6) is 0 Å². The molecule has 5 nitrogen and oxygen atoms in total. The summed E-state index contributed by atoms with van der Waals surface area (Å²) in [6.45, 7) is 8.73. The Bertz CT molecular complexity index is 391. The van der Waals surface area contributed by atoms with Gasteiger partial charge in [0, 0.05) is 18.2 Å². The van der Waals surface area contributed by atoms with E-state index in [-0.39, 0.29) is 6.61 Å². The largest absolute Gasteiger partial charge is 0.395 e. The first-order valence-electron chi connectivity index (χ1n) is 6.53. The zero-order valence-corrected chi connectivity index (χ0v) is 11.8. The Balaban J connectivity index is 3.20. The fourth-order valence-electron chi connectivity index (χ4n) is 2.21. The Morgan fingerprint density at radius 2 is 1.83 bits per heavy atom. The molecule has 1 aromatic rings. The lowest BCUT2D eigenvalue weighted by Gasteiger charge is -2.32. The number of anilines is 2. The predicted octanol–water partition coefficient (Wildman–Crippen LogP) is 1.66. The molecular formula is C13H24N4O. The van der Waals surface area contributed by atoms with E-state index < -0.39 is 0 Å². The van der Waals surface area contributed by atoms with Crippen molar-refractivity contribution in [3.8, 4) is 0 Å². The van der Waals surface area contributed by atoms with E-state index in [0.29, 0.717) is 24.2 Å². The summed E-state index contributed by atoms with van der Waals surface area (Å²) in [5.41, 5.74) is 6.79. The van der Waals surface area contributed by atoms with Gasteiger partial charge in [-0.15, -0.1) is 0 Å². The van der Waals surface area contributed by atoms with Crippen LogP contribution in [0.1, 0.15) is 38.1 Å². The number of nitrogens with two attached hydrogens (primary N) is 1. The van der Waals surface area contributed by atoms with E-state index >= 15 is 0 Å². The van der Waals surface area contributed by atoms with Gasteiger partial charge in [0.15, 0.2) is 0 Å². The molecular weight excluding hydrogens is 228 g/mol. The van der Waals surface area contributed by atoms with Crippen LogP contribution in [0, 0.1) is 13.8 Å². The van der Waals surface area contributed by atoms with E-state index in [1.54, 1.807) is 0 Å². The molecule has 1 rings (SSSR count). The van der Waals surface area contributed by atoms with Crippen LogP contribution in [0.25, 0.3) is 0 Å². The SMILES string of the molecule is CCC(CC)N(CCO)c1nc(C)nc(N)c1C. The molecule has 102 valence electrons. The van der Waals surface area contributed by atoms with Gasteiger partial charge in [-0.3, -0.25) is 0 Å². The first-order chi connectivity index (χ1) is 8.54. The predicted molar refractivity (Wildman–Crippen MR) is 74.7 cm³/mol. The lowest BCUT2D eigenvalue weighted by molar-refractivity contribution is 0.295. The highest BCUT2D eigenvalue weighted by Gasteiger charge is 2.20. The fourth-order valence-corrected chi connectivity index (χ4v) is 2.21. The molecule has 0 atom stereocenters. The number of aryl methyl sites for hydroxylation is 1. The molecule has 0 spiro atoms. The van der Waals surface area contributed by atoms with E-state index in [1.165, 1.54) is 0 Å². The number of aliphatic hydroxyl groups excluding tert-OH is 1. The maximum atomic E-state index is 9.25. The summed E-state index contributed by atoms with van der Waals surface area (Å²) in [4.78, 5) is 10.8. The quantitative estimate of drug-likeness (QED) is 0.805. The number of aromatic nitrogens is 2. The van der Waals surface area contributed by atoms with E-state index in [1.807, 2.05) is 13.8 Å². The Hall–Kier alpha value is -1.36. The third-order valence-electron chi connectivity index (χ3n) is 3.27. The van der Waals surface area contributed by atoms with Crippen LogP contribution in [0.3, 0.4) is 0 Å². The minimum atomic E-state index is 0.110. The summed E-state index contributed by atoms with van der Waals surface area (Å²) < 4.78 is 0. The lowest BCUT2D eigenvalue weighted by Crippen LogP contribution is -2.38. The van der Waals surface area contributed by atoms with Crippen LogP contribution < -0.4 is 10.6 Å². The average molecular weight is 252 g/mol. The maximum absolute atomic E-state index is 9.25. The molecule has 0 fully saturated rings. The van der Waals surface area contributed by atoms with Gasteiger partial charge < -0.3 is 15.7 Å². The van der Waals surface area contributed by atoms with Crippen molar-refractivity contribution in [2.45, 2.75) is 46.6 Å². The van der Waals surface area contributed by atoms with Gasteiger partial charge >= 0.3 is 0 Å².